The molecule has 0 unspecified atom stereocenters. The highest BCUT2D eigenvalue weighted by molar-refractivity contribution is 7.94. The smallest absolute Gasteiger partial charge is 0.124 e. The summed E-state index contributed by atoms with van der Waals surface area (Å²) in [5.74, 6) is -0.584. The molecule has 1 aromatic carbocycles. The van der Waals surface area contributed by atoms with Crippen molar-refractivity contribution >= 4 is 10.0 Å². The third-order valence-corrected chi connectivity index (χ3v) is 2.66. The Bertz CT molecular complexity index is 375. The molecule has 12 heavy (non-hydrogen) atoms. The molecule has 1 aromatic rings. The Morgan fingerprint density at radius 2 is 2.08 bits per heavy atom. The summed E-state index contributed by atoms with van der Waals surface area (Å²) < 4.78 is 37.7. The van der Waals surface area contributed by atoms with Crippen molar-refractivity contribution in [2.45, 2.75) is 4.90 Å². The maximum absolute atomic E-state index is 12.5. The zero-order valence-electron chi connectivity index (χ0n) is 6.36. The van der Waals surface area contributed by atoms with Crippen LogP contribution in [0.1, 0.15) is 0 Å². The minimum absolute atomic E-state index is 0.120. The lowest BCUT2D eigenvalue weighted by Crippen LogP contribution is -1.97. The number of sulfonamides is 1. The lowest BCUT2D eigenvalue weighted by molar-refractivity contribution is 0.596. The SMILES string of the molecule is C[N-]S(=O)(=O)c1cccc(F)c1. The van der Waals surface area contributed by atoms with Crippen molar-refractivity contribution in [3.8, 4) is 0 Å². The molecule has 0 aromatic heterocycles. The predicted octanol–water partition coefficient (Wildman–Crippen LogP) is 1.52. The highest BCUT2D eigenvalue weighted by Gasteiger charge is 2.02. The summed E-state index contributed by atoms with van der Waals surface area (Å²) in [5.41, 5.74) is 0. The van der Waals surface area contributed by atoms with Gasteiger partial charge in [0.05, 0.1) is 4.90 Å². The minimum Gasteiger partial charge on any atom is -0.547 e. The van der Waals surface area contributed by atoms with E-state index in [-0.39, 0.29) is 4.90 Å². The van der Waals surface area contributed by atoms with Crippen LogP contribution in [0.5, 0.6) is 0 Å². The second-order valence-corrected chi connectivity index (χ2v) is 3.90. The molecular weight excluding hydrogens is 181 g/mol. The van der Waals surface area contributed by atoms with Crippen molar-refractivity contribution in [3.05, 3.63) is 34.8 Å². The number of hydrogen-bond acceptors (Lipinski definition) is 2. The fraction of sp³-hybridized carbons (Fsp3) is 0.143. The van der Waals surface area contributed by atoms with E-state index in [9.17, 15) is 12.8 Å². The second-order valence-electron chi connectivity index (χ2n) is 2.12. The van der Waals surface area contributed by atoms with Crippen LogP contribution in [0.25, 0.3) is 4.72 Å². The van der Waals surface area contributed by atoms with Crippen LogP contribution in [0.2, 0.25) is 0 Å². The molecular formula is C7H7FNO2S-. The Hall–Kier alpha value is -0.940. The highest BCUT2D eigenvalue weighted by Crippen LogP contribution is 2.15. The monoisotopic (exact) mass is 188 g/mol. The van der Waals surface area contributed by atoms with Gasteiger partial charge in [-0.15, -0.1) is 0 Å². The maximum Gasteiger partial charge on any atom is 0.124 e. The van der Waals surface area contributed by atoms with Crippen molar-refractivity contribution in [1.29, 1.82) is 0 Å². The molecule has 0 aliphatic carbocycles. The summed E-state index contributed by atoms with van der Waals surface area (Å²) in [7, 11) is -2.48. The van der Waals surface area contributed by atoms with Gasteiger partial charge in [0, 0.05) is 0 Å². The fourth-order valence-corrected chi connectivity index (χ4v) is 1.46. The molecule has 3 nitrogen and oxygen atoms in total. The van der Waals surface area contributed by atoms with Crippen molar-refractivity contribution in [1.82, 2.24) is 0 Å². The van der Waals surface area contributed by atoms with E-state index >= 15 is 0 Å². The number of nitrogens with zero attached hydrogens (tertiary/aromatic N) is 1. The van der Waals surface area contributed by atoms with Gasteiger partial charge in [0.15, 0.2) is 0 Å². The van der Waals surface area contributed by atoms with Crippen molar-refractivity contribution < 1.29 is 12.8 Å². The average molecular weight is 188 g/mol. The molecule has 0 saturated heterocycles. The van der Waals surface area contributed by atoms with Crippen molar-refractivity contribution in [2.24, 2.45) is 0 Å². The normalized spacial score (nSPS) is 11.5. The summed E-state index contributed by atoms with van der Waals surface area (Å²) in [6, 6.07) is 4.73. The van der Waals surface area contributed by atoms with Gasteiger partial charge in [0.25, 0.3) is 0 Å². The first kappa shape index (κ1) is 9.15. The number of rotatable bonds is 2. The average Bonchev–Trinajstić information content (AvgIpc) is 2.05. The van der Waals surface area contributed by atoms with Gasteiger partial charge in [-0.05, 0) is 18.2 Å². The van der Waals surface area contributed by atoms with Crippen LogP contribution in [-0.2, 0) is 10.0 Å². The Morgan fingerprint density at radius 3 is 2.58 bits per heavy atom. The Kier molecular flexibility index (Phi) is 2.44. The standard InChI is InChI=1S/C7H7FNO2S/c1-9-12(10,11)7-4-2-3-6(8)5-7/h2-5H,1H3/q-1. The van der Waals surface area contributed by atoms with Gasteiger partial charge in [-0.1, -0.05) is 6.07 Å². The topological polar surface area (TPSA) is 48.2 Å². The first-order chi connectivity index (χ1) is 5.56. The van der Waals surface area contributed by atoms with Crippen LogP contribution >= 0.6 is 0 Å². The van der Waals surface area contributed by atoms with E-state index < -0.39 is 15.8 Å². The fourth-order valence-electron chi connectivity index (χ4n) is 0.733. The van der Waals surface area contributed by atoms with E-state index in [1.807, 2.05) is 0 Å². The van der Waals surface area contributed by atoms with E-state index in [0.717, 1.165) is 13.1 Å². The van der Waals surface area contributed by atoms with Gasteiger partial charge in [-0.2, -0.15) is 7.05 Å². The Labute approximate surface area is 70.3 Å². The van der Waals surface area contributed by atoms with Crippen LogP contribution in [0.4, 0.5) is 4.39 Å². The van der Waals surface area contributed by atoms with Crippen LogP contribution in [0.3, 0.4) is 0 Å². The van der Waals surface area contributed by atoms with Crippen LogP contribution in [-0.4, -0.2) is 15.5 Å². The van der Waals surface area contributed by atoms with Crippen molar-refractivity contribution in [3.63, 3.8) is 0 Å². The highest BCUT2D eigenvalue weighted by atomic mass is 32.2. The van der Waals surface area contributed by atoms with E-state index in [1.165, 1.54) is 18.2 Å². The molecule has 0 heterocycles. The van der Waals surface area contributed by atoms with Crippen LogP contribution in [0.15, 0.2) is 29.2 Å². The Balaban J connectivity index is 3.21. The number of benzene rings is 1. The summed E-state index contributed by atoms with van der Waals surface area (Å²) in [6.07, 6.45) is 0. The molecule has 1 rings (SSSR count). The largest absolute Gasteiger partial charge is 0.547 e. The molecule has 0 atom stereocenters. The molecule has 0 radical (unpaired) electrons. The summed E-state index contributed by atoms with van der Waals surface area (Å²) in [6.45, 7) is 0. The molecule has 5 heteroatoms. The summed E-state index contributed by atoms with van der Waals surface area (Å²) >= 11 is 0. The molecule has 0 fully saturated rings. The van der Waals surface area contributed by atoms with Gasteiger partial charge < -0.3 is 4.72 Å². The van der Waals surface area contributed by atoms with Crippen LogP contribution < -0.4 is 0 Å². The molecule has 0 aliphatic heterocycles. The van der Waals surface area contributed by atoms with E-state index in [4.69, 9.17) is 0 Å². The van der Waals surface area contributed by atoms with Gasteiger partial charge in [-0.25, -0.2) is 12.8 Å². The second kappa shape index (κ2) is 3.20. The first-order valence-electron chi connectivity index (χ1n) is 3.18. The summed E-state index contributed by atoms with van der Waals surface area (Å²) in [5, 5.41) is 0. The molecule has 66 valence electrons. The van der Waals surface area contributed by atoms with Crippen LogP contribution in [0, 0.1) is 5.82 Å². The molecule has 0 saturated carbocycles. The minimum atomic E-state index is -3.64. The van der Waals surface area contributed by atoms with Gasteiger partial charge in [0.2, 0.25) is 0 Å². The van der Waals surface area contributed by atoms with Gasteiger partial charge >= 0.3 is 0 Å². The lowest BCUT2D eigenvalue weighted by atomic mass is 10.4. The van der Waals surface area contributed by atoms with Gasteiger partial charge in [-0.3, -0.25) is 0 Å². The quantitative estimate of drug-likeness (QED) is 0.706. The number of hydrogen-bond donors (Lipinski definition) is 0. The third-order valence-electron chi connectivity index (χ3n) is 1.33. The summed E-state index contributed by atoms with van der Waals surface area (Å²) in [4.78, 5) is -0.120. The Morgan fingerprint density at radius 1 is 1.42 bits per heavy atom. The zero-order chi connectivity index (χ0) is 9.19. The first-order valence-corrected chi connectivity index (χ1v) is 4.62. The van der Waals surface area contributed by atoms with Crippen molar-refractivity contribution in [2.75, 3.05) is 7.05 Å². The molecule has 0 N–H and O–H groups in total. The van der Waals surface area contributed by atoms with E-state index in [1.54, 1.807) is 0 Å². The third kappa shape index (κ3) is 1.80. The lowest BCUT2D eigenvalue weighted by Gasteiger charge is -2.12. The molecule has 0 bridgehead atoms. The van der Waals surface area contributed by atoms with Gasteiger partial charge in [0.1, 0.15) is 15.8 Å². The van der Waals surface area contributed by atoms with E-state index in [0.29, 0.717) is 0 Å². The molecule has 0 aliphatic rings. The maximum atomic E-state index is 12.5. The number of halogens is 1. The zero-order valence-corrected chi connectivity index (χ0v) is 7.18. The predicted molar refractivity (Wildman–Crippen MR) is 42.9 cm³/mol. The molecule has 0 amide bonds. The molecule has 0 spiro atoms. The van der Waals surface area contributed by atoms with E-state index in [2.05, 4.69) is 4.72 Å².